The number of aromatic nitrogens is 1. The fraction of sp³-hybridized carbons (Fsp3) is 0.231. The van der Waals surface area contributed by atoms with Crippen molar-refractivity contribution in [3.63, 3.8) is 0 Å². The molecule has 1 amide bonds. The van der Waals surface area contributed by atoms with Crippen molar-refractivity contribution >= 4 is 16.8 Å². The van der Waals surface area contributed by atoms with Gasteiger partial charge in [-0.05, 0) is 37.1 Å². The van der Waals surface area contributed by atoms with E-state index in [4.69, 9.17) is 5.73 Å². The molecule has 1 heterocycles. The number of pyridine rings is 1. The number of carbonyl (C=O) groups is 1. The zero-order chi connectivity index (χ0) is 13.3. The lowest BCUT2D eigenvalue weighted by Gasteiger charge is -2.08. The Kier molecular flexibility index (Phi) is 3.23. The van der Waals surface area contributed by atoms with Crippen molar-refractivity contribution in [1.82, 2.24) is 4.98 Å². The zero-order valence-corrected chi connectivity index (χ0v) is 9.84. The standard InChI is InChI=1S/C13H12F2N2O/c1-7-6-8(2-5-11(16)18)12-9(14)3-4-10(15)13(12)17-7/h3-4,6H,2,5H2,1H3,(H2,16,18). The molecule has 1 aromatic heterocycles. The highest BCUT2D eigenvalue weighted by molar-refractivity contribution is 5.84. The first-order valence-corrected chi connectivity index (χ1v) is 5.51. The van der Waals surface area contributed by atoms with Crippen LogP contribution >= 0.6 is 0 Å². The van der Waals surface area contributed by atoms with E-state index in [1.54, 1.807) is 13.0 Å². The Morgan fingerprint density at radius 2 is 2.00 bits per heavy atom. The first kappa shape index (κ1) is 12.4. The van der Waals surface area contributed by atoms with Crippen LogP contribution in [0.15, 0.2) is 18.2 Å². The maximum atomic E-state index is 13.8. The van der Waals surface area contributed by atoms with Crippen LogP contribution in [0, 0.1) is 18.6 Å². The molecule has 0 atom stereocenters. The van der Waals surface area contributed by atoms with Gasteiger partial charge in [-0.3, -0.25) is 4.79 Å². The molecule has 0 spiro atoms. The number of nitrogens with zero attached hydrogens (tertiary/aromatic N) is 1. The van der Waals surface area contributed by atoms with Crippen LogP contribution in [0.3, 0.4) is 0 Å². The van der Waals surface area contributed by atoms with E-state index in [9.17, 15) is 13.6 Å². The van der Waals surface area contributed by atoms with Gasteiger partial charge in [0.05, 0.1) is 0 Å². The molecule has 0 saturated carbocycles. The van der Waals surface area contributed by atoms with Crippen LogP contribution in [-0.2, 0) is 11.2 Å². The molecule has 5 heteroatoms. The molecule has 0 aliphatic heterocycles. The molecule has 0 aliphatic carbocycles. The molecule has 2 rings (SSSR count). The minimum Gasteiger partial charge on any atom is -0.370 e. The molecule has 94 valence electrons. The molecule has 0 radical (unpaired) electrons. The van der Waals surface area contributed by atoms with Gasteiger partial charge in [0.1, 0.15) is 17.2 Å². The summed E-state index contributed by atoms with van der Waals surface area (Å²) in [5.41, 5.74) is 6.19. The van der Waals surface area contributed by atoms with Crippen molar-refractivity contribution in [3.8, 4) is 0 Å². The fourth-order valence-electron chi connectivity index (χ4n) is 1.94. The van der Waals surface area contributed by atoms with Gasteiger partial charge in [0.2, 0.25) is 5.91 Å². The molecule has 2 aromatic rings. The Morgan fingerprint density at radius 3 is 2.67 bits per heavy atom. The van der Waals surface area contributed by atoms with Gasteiger partial charge >= 0.3 is 0 Å². The molecule has 2 N–H and O–H groups in total. The summed E-state index contributed by atoms with van der Waals surface area (Å²) in [6.07, 6.45) is 0.365. The number of rotatable bonds is 3. The Morgan fingerprint density at radius 1 is 1.33 bits per heavy atom. The number of benzene rings is 1. The number of hydrogen-bond donors (Lipinski definition) is 1. The Hall–Kier alpha value is -2.04. The van der Waals surface area contributed by atoms with Gasteiger partial charge in [-0.15, -0.1) is 0 Å². The van der Waals surface area contributed by atoms with Crippen LogP contribution in [0.1, 0.15) is 17.7 Å². The number of aryl methyl sites for hydroxylation is 2. The summed E-state index contributed by atoms with van der Waals surface area (Å²) in [5.74, 6) is -1.59. The molecule has 3 nitrogen and oxygen atoms in total. The highest BCUT2D eigenvalue weighted by Crippen LogP contribution is 2.25. The van der Waals surface area contributed by atoms with Crippen molar-refractivity contribution < 1.29 is 13.6 Å². The lowest BCUT2D eigenvalue weighted by molar-refractivity contribution is -0.117. The second kappa shape index (κ2) is 4.68. The van der Waals surface area contributed by atoms with Gasteiger partial charge in [0.25, 0.3) is 0 Å². The van der Waals surface area contributed by atoms with Crippen LogP contribution < -0.4 is 5.73 Å². The number of amides is 1. The van der Waals surface area contributed by atoms with Gasteiger partial charge in [-0.1, -0.05) is 0 Å². The third-order valence-electron chi connectivity index (χ3n) is 2.71. The zero-order valence-electron chi connectivity index (χ0n) is 9.84. The predicted molar refractivity (Wildman–Crippen MR) is 63.9 cm³/mol. The monoisotopic (exact) mass is 250 g/mol. The third kappa shape index (κ3) is 2.30. The molecule has 0 unspecified atom stereocenters. The first-order chi connectivity index (χ1) is 8.49. The van der Waals surface area contributed by atoms with E-state index >= 15 is 0 Å². The van der Waals surface area contributed by atoms with Crippen molar-refractivity contribution in [2.75, 3.05) is 0 Å². The van der Waals surface area contributed by atoms with Crippen LogP contribution in [0.2, 0.25) is 0 Å². The van der Waals surface area contributed by atoms with E-state index in [-0.39, 0.29) is 23.7 Å². The average Bonchev–Trinajstić information content (AvgIpc) is 2.30. The van der Waals surface area contributed by atoms with Crippen LogP contribution in [0.5, 0.6) is 0 Å². The minimum atomic E-state index is -0.574. The Bertz CT molecular complexity index is 626. The van der Waals surface area contributed by atoms with Crippen LogP contribution in [0.25, 0.3) is 10.9 Å². The normalized spacial score (nSPS) is 10.8. The quantitative estimate of drug-likeness (QED) is 0.908. The van der Waals surface area contributed by atoms with E-state index in [2.05, 4.69) is 4.98 Å². The second-order valence-corrected chi connectivity index (χ2v) is 4.14. The van der Waals surface area contributed by atoms with Gasteiger partial charge in [0.15, 0.2) is 0 Å². The van der Waals surface area contributed by atoms with Crippen LogP contribution in [-0.4, -0.2) is 10.9 Å². The van der Waals surface area contributed by atoms with Crippen molar-refractivity contribution in [2.45, 2.75) is 19.8 Å². The van der Waals surface area contributed by atoms with E-state index in [1.165, 1.54) is 0 Å². The summed E-state index contributed by atoms with van der Waals surface area (Å²) in [6.45, 7) is 1.69. The average molecular weight is 250 g/mol. The number of fused-ring (bicyclic) bond motifs is 1. The number of nitrogens with two attached hydrogens (primary N) is 1. The summed E-state index contributed by atoms with van der Waals surface area (Å²) in [6, 6.07) is 3.75. The van der Waals surface area contributed by atoms with E-state index < -0.39 is 17.5 Å². The Labute approximate surface area is 103 Å². The van der Waals surface area contributed by atoms with Crippen molar-refractivity contribution in [3.05, 3.63) is 41.1 Å². The Balaban J connectivity index is 2.64. The number of carbonyl (C=O) groups excluding carboxylic acids is 1. The highest BCUT2D eigenvalue weighted by Gasteiger charge is 2.13. The summed E-state index contributed by atoms with van der Waals surface area (Å²) >= 11 is 0. The summed E-state index contributed by atoms with van der Waals surface area (Å²) < 4.78 is 27.4. The lowest BCUT2D eigenvalue weighted by Crippen LogP contribution is -2.11. The second-order valence-electron chi connectivity index (χ2n) is 4.14. The SMILES string of the molecule is Cc1cc(CCC(N)=O)c2c(F)ccc(F)c2n1. The molecule has 0 aliphatic rings. The maximum Gasteiger partial charge on any atom is 0.217 e. The van der Waals surface area contributed by atoms with Gasteiger partial charge in [-0.25, -0.2) is 13.8 Å². The molecule has 1 aromatic carbocycles. The van der Waals surface area contributed by atoms with E-state index in [1.807, 2.05) is 0 Å². The topological polar surface area (TPSA) is 56.0 Å². The summed E-state index contributed by atoms with van der Waals surface area (Å²) in [7, 11) is 0. The summed E-state index contributed by atoms with van der Waals surface area (Å²) in [5, 5.41) is 0.127. The number of primary amides is 1. The lowest BCUT2D eigenvalue weighted by atomic mass is 10.0. The highest BCUT2D eigenvalue weighted by atomic mass is 19.1. The van der Waals surface area contributed by atoms with Crippen molar-refractivity contribution in [2.24, 2.45) is 5.73 Å². The first-order valence-electron chi connectivity index (χ1n) is 5.51. The molecular weight excluding hydrogens is 238 g/mol. The molecular formula is C13H12F2N2O. The predicted octanol–water partition coefficient (Wildman–Crippen LogP) is 2.24. The van der Waals surface area contributed by atoms with Crippen molar-refractivity contribution in [1.29, 1.82) is 0 Å². The van der Waals surface area contributed by atoms with Gasteiger partial charge in [-0.2, -0.15) is 0 Å². The smallest absolute Gasteiger partial charge is 0.217 e. The number of halogens is 2. The maximum absolute atomic E-state index is 13.8. The minimum absolute atomic E-state index is 0.00512. The van der Waals surface area contributed by atoms with E-state index in [0.29, 0.717) is 11.3 Å². The van der Waals surface area contributed by atoms with Gasteiger partial charge in [0, 0.05) is 17.5 Å². The largest absolute Gasteiger partial charge is 0.370 e. The summed E-state index contributed by atoms with van der Waals surface area (Å²) in [4.78, 5) is 14.8. The van der Waals surface area contributed by atoms with Crippen LogP contribution in [0.4, 0.5) is 8.78 Å². The molecule has 0 saturated heterocycles. The third-order valence-corrected chi connectivity index (χ3v) is 2.71. The number of hydrogen-bond acceptors (Lipinski definition) is 2. The fourth-order valence-corrected chi connectivity index (χ4v) is 1.94. The molecule has 18 heavy (non-hydrogen) atoms. The molecule has 0 bridgehead atoms. The van der Waals surface area contributed by atoms with E-state index in [0.717, 1.165) is 12.1 Å². The molecule has 0 fully saturated rings. The van der Waals surface area contributed by atoms with Gasteiger partial charge < -0.3 is 5.73 Å².